The van der Waals surface area contributed by atoms with Crippen LogP contribution in [0.4, 0.5) is 4.39 Å². The molecule has 0 amide bonds. The third-order valence-corrected chi connectivity index (χ3v) is 3.93. The van der Waals surface area contributed by atoms with Gasteiger partial charge in [0.05, 0.1) is 4.90 Å². The molecule has 2 aromatic carbocycles. The van der Waals surface area contributed by atoms with Gasteiger partial charge in [0.15, 0.2) is 5.58 Å². The Hall–Kier alpha value is -1.85. The maximum absolute atomic E-state index is 14.1. The molecule has 0 aliphatic carbocycles. The number of hydrogen-bond donors (Lipinski definition) is 1. The molecule has 0 fully saturated rings. The van der Waals surface area contributed by atoms with Gasteiger partial charge < -0.3 is 10.2 Å². The van der Waals surface area contributed by atoms with Crippen molar-refractivity contribution >= 4 is 22.9 Å². The zero-order chi connectivity index (χ0) is 14.8. The lowest BCUT2D eigenvalue weighted by molar-refractivity contribution is 0.488. The molecular formula is C16H15FN2OS. The minimum Gasteiger partial charge on any atom is -0.431 e. The van der Waals surface area contributed by atoms with Crippen molar-refractivity contribution in [3.8, 4) is 0 Å². The number of oxazole rings is 1. The fourth-order valence-electron chi connectivity index (χ4n) is 2.11. The van der Waals surface area contributed by atoms with Crippen LogP contribution in [0.1, 0.15) is 12.5 Å². The van der Waals surface area contributed by atoms with Gasteiger partial charge in [-0.25, -0.2) is 9.37 Å². The topological polar surface area (TPSA) is 52.0 Å². The van der Waals surface area contributed by atoms with Gasteiger partial charge in [-0.15, -0.1) is 0 Å². The summed E-state index contributed by atoms with van der Waals surface area (Å²) in [6, 6.07) is 12.6. The molecule has 0 aliphatic heterocycles. The van der Waals surface area contributed by atoms with Crippen LogP contribution in [0.5, 0.6) is 0 Å². The van der Waals surface area contributed by atoms with Crippen LogP contribution in [0.2, 0.25) is 0 Å². The highest BCUT2D eigenvalue weighted by atomic mass is 32.2. The number of hydrogen-bond acceptors (Lipinski definition) is 4. The first-order valence-corrected chi connectivity index (χ1v) is 7.51. The second-order valence-corrected chi connectivity index (χ2v) is 5.99. The maximum atomic E-state index is 14.1. The summed E-state index contributed by atoms with van der Waals surface area (Å²) in [4.78, 5) is 4.82. The fraction of sp³-hybridized carbons (Fsp3) is 0.188. The lowest BCUT2D eigenvalue weighted by atomic mass is 10.1. The summed E-state index contributed by atoms with van der Waals surface area (Å²) in [7, 11) is 0. The summed E-state index contributed by atoms with van der Waals surface area (Å²) >= 11 is 1.18. The van der Waals surface area contributed by atoms with E-state index in [-0.39, 0.29) is 11.9 Å². The second-order valence-electron chi connectivity index (χ2n) is 5.00. The molecule has 0 saturated heterocycles. The van der Waals surface area contributed by atoms with Crippen molar-refractivity contribution in [2.45, 2.75) is 29.5 Å². The summed E-state index contributed by atoms with van der Waals surface area (Å²) in [6.07, 6.45) is 0.657. The number of nitrogens with zero attached hydrogens (tertiary/aromatic N) is 1. The third-order valence-electron chi connectivity index (χ3n) is 3.03. The third kappa shape index (κ3) is 3.25. The van der Waals surface area contributed by atoms with Gasteiger partial charge >= 0.3 is 0 Å². The summed E-state index contributed by atoms with van der Waals surface area (Å²) in [5.74, 6) is -0.277. The largest absolute Gasteiger partial charge is 0.431 e. The molecule has 0 radical (unpaired) electrons. The lowest BCUT2D eigenvalue weighted by Crippen LogP contribution is -2.17. The van der Waals surface area contributed by atoms with Gasteiger partial charge in [-0.05, 0) is 54.9 Å². The molecule has 3 rings (SSSR count). The Balaban J connectivity index is 1.84. The van der Waals surface area contributed by atoms with Crippen LogP contribution in [-0.2, 0) is 6.42 Å². The Morgan fingerprint density at radius 3 is 2.81 bits per heavy atom. The zero-order valence-corrected chi connectivity index (χ0v) is 12.4. The van der Waals surface area contributed by atoms with Gasteiger partial charge in [-0.2, -0.15) is 0 Å². The highest BCUT2D eigenvalue weighted by Crippen LogP contribution is 2.31. The molecule has 3 nitrogen and oxygen atoms in total. The standard InChI is InChI=1S/C16H15FN2OS/c1-10(18)8-11-6-7-15(12(17)9-11)21-16-19-13-4-2-3-5-14(13)20-16/h2-7,9-10H,8,18H2,1H3. The Kier molecular flexibility index (Phi) is 3.94. The van der Waals surface area contributed by atoms with Crippen molar-refractivity contribution in [1.82, 2.24) is 4.98 Å². The predicted octanol–water partition coefficient (Wildman–Crippen LogP) is 4.01. The highest BCUT2D eigenvalue weighted by Gasteiger charge is 2.11. The van der Waals surface area contributed by atoms with Gasteiger partial charge in [-0.3, -0.25) is 0 Å². The van der Waals surface area contributed by atoms with Gasteiger partial charge in [-0.1, -0.05) is 18.2 Å². The molecule has 0 aliphatic rings. The van der Waals surface area contributed by atoms with Crippen LogP contribution in [0.15, 0.2) is 57.0 Å². The average molecular weight is 302 g/mol. The van der Waals surface area contributed by atoms with E-state index in [0.717, 1.165) is 11.1 Å². The number of aromatic nitrogens is 1. The van der Waals surface area contributed by atoms with E-state index in [1.807, 2.05) is 37.3 Å². The van der Waals surface area contributed by atoms with Crippen LogP contribution < -0.4 is 5.73 Å². The molecule has 0 bridgehead atoms. The van der Waals surface area contributed by atoms with Crippen molar-refractivity contribution in [2.24, 2.45) is 5.73 Å². The van der Waals surface area contributed by atoms with Crippen LogP contribution in [0.25, 0.3) is 11.1 Å². The highest BCUT2D eigenvalue weighted by molar-refractivity contribution is 7.99. The molecule has 1 heterocycles. The van der Waals surface area contributed by atoms with Gasteiger partial charge in [0.1, 0.15) is 11.3 Å². The van der Waals surface area contributed by atoms with Crippen molar-refractivity contribution < 1.29 is 8.81 Å². The first kappa shape index (κ1) is 14.1. The molecule has 1 atom stereocenters. The van der Waals surface area contributed by atoms with Gasteiger partial charge in [0, 0.05) is 6.04 Å². The molecule has 108 valence electrons. The SMILES string of the molecule is CC(N)Cc1ccc(Sc2nc3ccccc3o2)c(F)c1. The molecular weight excluding hydrogens is 287 g/mol. The smallest absolute Gasteiger partial charge is 0.261 e. The van der Waals surface area contributed by atoms with Crippen molar-refractivity contribution in [3.63, 3.8) is 0 Å². The van der Waals surface area contributed by atoms with E-state index in [0.29, 0.717) is 22.1 Å². The number of rotatable bonds is 4. The maximum Gasteiger partial charge on any atom is 0.261 e. The quantitative estimate of drug-likeness (QED) is 0.791. The normalized spacial score (nSPS) is 12.7. The Labute approximate surface area is 126 Å². The Morgan fingerprint density at radius 2 is 2.10 bits per heavy atom. The molecule has 2 N–H and O–H groups in total. The molecule has 5 heteroatoms. The average Bonchev–Trinajstić information content (AvgIpc) is 2.83. The predicted molar refractivity (Wildman–Crippen MR) is 81.9 cm³/mol. The fourth-order valence-corrected chi connectivity index (χ4v) is 2.87. The zero-order valence-electron chi connectivity index (χ0n) is 11.5. The summed E-state index contributed by atoms with van der Waals surface area (Å²) in [5.41, 5.74) is 8.09. The van der Waals surface area contributed by atoms with E-state index in [1.54, 1.807) is 6.07 Å². The van der Waals surface area contributed by atoms with Crippen LogP contribution >= 0.6 is 11.8 Å². The molecule has 0 spiro atoms. The molecule has 1 aromatic heterocycles. The number of halogens is 1. The van der Waals surface area contributed by atoms with Gasteiger partial charge in [0.25, 0.3) is 5.22 Å². The van der Waals surface area contributed by atoms with Crippen LogP contribution in [0.3, 0.4) is 0 Å². The number of para-hydroxylation sites is 2. The van der Waals surface area contributed by atoms with E-state index >= 15 is 0 Å². The Bertz CT molecular complexity index is 737. The number of nitrogens with two attached hydrogens (primary N) is 1. The molecule has 21 heavy (non-hydrogen) atoms. The second kappa shape index (κ2) is 5.87. The van der Waals surface area contributed by atoms with Crippen molar-refractivity contribution in [1.29, 1.82) is 0 Å². The van der Waals surface area contributed by atoms with E-state index in [4.69, 9.17) is 10.2 Å². The molecule has 0 saturated carbocycles. The summed E-state index contributed by atoms with van der Waals surface area (Å²) in [5, 5.41) is 0.440. The number of fused-ring (bicyclic) bond motifs is 1. The number of benzene rings is 2. The minimum absolute atomic E-state index is 0.0138. The van der Waals surface area contributed by atoms with Gasteiger partial charge in [0.2, 0.25) is 0 Å². The van der Waals surface area contributed by atoms with Crippen molar-refractivity contribution in [3.05, 3.63) is 53.8 Å². The lowest BCUT2D eigenvalue weighted by Gasteiger charge is -2.06. The van der Waals surface area contributed by atoms with E-state index in [2.05, 4.69) is 4.98 Å². The van der Waals surface area contributed by atoms with E-state index in [1.165, 1.54) is 17.8 Å². The first-order chi connectivity index (χ1) is 10.1. The first-order valence-electron chi connectivity index (χ1n) is 6.69. The van der Waals surface area contributed by atoms with Crippen LogP contribution in [-0.4, -0.2) is 11.0 Å². The van der Waals surface area contributed by atoms with E-state index < -0.39 is 0 Å². The monoisotopic (exact) mass is 302 g/mol. The van der Waals surface area contributed by atoms with E-state index in [9.17, 15) is 4.39 Å². The molecule has 1 unspecified atom stereocenters. The minimum atomic E-state index is -0.277. The molecule has 3 aromatic rings. The van der Waals surface area contributed by atoms with Crippen molar-refractivity contribution in [2.75, 3.05) is 0 Å². The Morgan fingerprint density at radius 1 is 1.29 bits per heavy atom. The summed E-state index contributed by atoms with van der Waals surface area (Å²) < 4.78 is 19.7. The van der Waals surface area contributed by atoms with Crippen LogP contribution in [0, 0.1) is 5.82 Å². The summed E-state index contributed by atoms with van der Waals surface area (Å²) in [6.45, 7) is 1.90.